The summed E-state index contributed by atoms with van der Waals surface area (Å²) in [5.74, 6) is 0. The predicted molar refractivity (Wildman–Crippen MR) is 469 cm³/mol. The van der Waals surface area contributed by atoms with Crippen LogP contribution in [0.25, 0.3) is 22.3 Å². The van der Waals surface area contributed by atoms with Crippen molar-refractivity contribution in [2.75, 3.05) is 0 Å². The molecule has 0 unspecified atom stereocenters. The van der Waals surface area contributed by atoms with Crippen LogP contribution in [0.2, 0.25) is 236 Å². The van der Waals surface area contributed by atoms with Crippen LogP contribution >= 0.6 is 0 Å². The van der Waals surface area contributed by atoms with Gasteiger partial charge in [0.2, 0.25) is 0 Å². The third-order valence-electron chi connectivity index (χ3n) is 23.3. The quantitative estimate of drug-likeness (QED) is 0.0669. The van der Waals surface area contributed by atoms with E-state index in [1.165, 1.54) is 0 Å². The zero-order chi connectivity index (χ0) is 71.0. The van der Waals surface area contributed by atoms with Crippen LogP contribution in [-0.2, 0) is 0 Å². The molecule has 0 saturated carbocycles. The Balaban J connectivity index is 1.77. The fourth-order valence-electron chi connectivity index (χ4n) is 24.7. The second kappa shape index (κ2) is 25.2. The van der Waals surface area contributed by atoms with Crippen molar-refractivity contribution in [2.24, 2.45) is 0 Å². The van der Waals surface area contributed by atoms with E-state index in [2.05, 4.69) is 364 Å². The van der Waals surface area contributed by atoms with Crippen LogP contribution in [0.3, 0.4) is 0 Å². The topological polar surface area (TPSA) is 0 Å². The summed E-state index contributed by atoms with van der Waals surface area (Å²) in [6.07, 6.45) is 0. The van der Waals surface area contributed by atoms with Gasteiger partial charge in [-0.15, -0.1) is 0 Å². The van der Waals surface area contributed by atoms with E-state index in [0.717, 1.165) is 0 Å². The van der Waals surface area contributed by atoms with Crippen LogP contribution in [0.15, 0.2) is 121 Å². The van der Waals surface area contributed by atoms with Gasteiger partial charge < -0.3 is 0 Å². The molecular weight excluding hydrogens is 1540 g/mol. The molecule has 0 spiro atoms. The van der Waals surface area contributed by atoms with Crippen LogP contribution in [0.5, 0.6) is 0 Å². The van der Waals surface area contributed by atoms with Crippen molar-refractivity contribution >= 4 is 148 Å². The van der Waals surface area contributed by atoms with E-state index in [-0.39, 0.29) is 0 Å². The molecule has 512 valence electrons. The number of hydrogen-bond acceptors (Lipinski definition) is 0. The molecule has 9 rings (SSSR count). The van der Waals surface area contributed by atoms with Gasteiger partial charge in [-0.1, -0.05) is 0 Å². The fraction of sp³-hybridized carbons (Fsp3) is 0.550. The Labute approximate surface area is 600 Å². The molecule has 0 radical (unpaired) electrons. The van der Waals surface area contributed by atoms with Crippen molar-refractivity contribution in [3.8, 4) is 22.3 Å². The summed E-state index contributed by atoms with van der Waals surface area (Å²) in [6.45, 7) is 102. The number of benzene rings is 6. The molecule has 0 aromatic heterocycles. The first-order chi connectivity index (χ1) is 42.3. The molecule has 0 aliphatic carbocycles. The average molecular weight is 1670 g/mol. The van der Waals surface area contributed by atoms with E-state index < -0.39 is 134 Å². The Bertz CT molecular complexity index is 3390. The first-order valence-corrected chi connectivity index (χ1v) is 92.3. The Morgan fingerprint density at radius 2 is 0.404 bits per heavy atom. The molecule has 1 saturated heterocycles. The number of fused-ring (bicyclic) bond motifs is 14. The van der Waals surface area contributed by atoms with Crippen molar-refractivity contribution in [2.45, 2.75) is 271 Å². The molecule has 3 heterocycles. The monoisotopic (exact) mass is 1670 g/mol. The van der Waals surface area contributed by atoms with E-state index in [4.69, 9.17) is 0 Å². The molecule has 14 heteroatoms. The molecule has 3 aliphatic heterocycles. The van der Waals surface area contributed by atoms with Crippen LogP contribution in [0.1, 0.15) is 79.4 Å². The van der Waals surface area contributed by atoms with Gasteiger partial charge in [-0.25, -0.2) is 0 Å². The number of rotatable bonds is 20. The van der Waals surface area contributed by atoms with Gasteiger partial charge in [0.1, 0.15) is 0 Å². The molecule has 0 atom stereocenters. The summed E-state index contributed by atoms with van der Waals surface area (Å²) in [4.78, 5) is 0. The van der Waals surface area contributed by atoms with Crippen LogP contribution in [0.4, 0.5) is 0 Å². The van der Waals surface area contributed by atoms with Gasteiger partial charge in [0.05, 0.1) is 0 Å². The normalized spacial score (nSPS) is 20.1. The van der Waals surface area contributed by atoms with Crippen molar-refractivity contribution in [1.82, 2.24) is 0 Å². The maximum atomic E-state index is 3.17. The molecular formula is C80H136Si12Sn2. The second-order valence-corrected chi connectivity index (χ2v) is 143. The van der Waals surface area contributed by atoms with Crippen molar-refractivity contribution in [1.29, 1.82) is 0 Å². The first-order valence-electron chi connectivity index (χ1n) is 37.0. The Kier molecular flexibility index (Phi) is 20.8. The van der Waals surface area contributed by atoms with Gasteiger partial charge in [-0.3, -0.25) is 0 Å². The first kappa shape index (κ1) is 77.7. The summed E-state index contributed by atoms with van der Waals surface area (Å²) < 4.78 is 9.00. The van der Waals surface area contributed by atoms with Gasteiger partial charge >= 0.3 is 607 Å². The van der Waals surface area contributed by atoms with Crippen molar-refractivity contribution in [3.63, 3.8) is 0 Å². The summed E-state index contributed by atoms with van der Waals surface area (Å²) in [5.41, 5.74) is 21.4. The second-order valence-electron chi connectivity index (χ2n) is 44.0. The molecule has 6 aromatic carbocycles. The van der Waals surface area contributed by atoms with Crippen molar-refractivity contribution < 1.29 is 0 Å². The summed E-state index contributed by atoms with van der Waals surface area (Å²) >= 11 is -9.48. The Hall–Kier alpha value is -0.480. The Morgan fingerprint density at radius 1 is 0.223 bits per heavy atom. The van der Waals surface area contributed by atoms with Crippen LogP contribution in [-0.4, -0.2) is 134 Å². The minimum atomic E-state index is -4.74. The van der Waals surface area contributed by atoms with E-state index in [0.29, 0.717) is 34.9 Å². The van der Waals surface area contributed by atoms with Gasteiger partial charge in [0.25, 0.3) is 0 Å². The fourth-order valence-corrected chi connectivity index (χ4v) is 197. The predicted octanol–water partition coefficient (Wildman–Crippen LogP) is 23.2. The standard InChI is InChI=1S/2C27H59Si6.2C13H9.2Sn/c2*1-28(2,3)25(29(4,5)6)22-19-23(26(30(7,8)9)31(10,11)12)21-24(20-22)27(32(13,14)15)33(16,17)18;2*1-11-7-5-6-10-13(11)12-8-3-2-4-9-12;;/h2*19-20,25-27H,1-18H3;2*1-8,10H;;. The SMILES string of the molecule is C[Si](C)(C)C(c1cc(C([Si](C)(C)C)[Si](C)(C)C)[c]([Sn]23[c]4ccccc4-c4ccccc4[CH]2[Sn]2([c]4c(C([Si](C)(C)C)[Si](C)(C)C)cc(C([Si](C)(C)C)[Si](C)(C)C)cc4C([Si](C)(C)C)[Si](C)(C)C)[c]4ccccc4-c4ccccc4[CH]32)c(C([Si](C)(C)C)[Si](C)(C)C)c1)[Si](C)(C)C. The molecule has 94 heavy (non-hydrogen) atoms. The van der Waals surface area contributed by atoms with E-state index in [1.807, 2.05) is 29.4 Å². The van der Waals surface area contributed by atoms with Crippen LogP contribution in [0, 0.1) is 0 Å². The van der Waals surface area contributed by atoms with Gasteiger partial charge in [0.15, 0.2) is 0 Å². The summed E-state index contributed by atoms with van der Waals surface area (Å²) in [7, 11) is -23.2. The van der Waals surface area contributed by atoms with Gasteiger partial charge in [0, 0.05) is 0 Å². The molecule has 0 nitrogen and oxygen atoms in total. The zero-order valence-corrected chi connectivity index (χ0v) is 84.9. The molecule has 0 bridgehead atoms. The molecule has 6 aromatic rings. The Morgan fingerprint density at radius 3 is 0.606 bits per heavy atom. The van der Waals surface area contributed by atoms with Crippen LogP contribution < -0.4 is 14.3 Å². The summed E-state index contributed by atoms with van der Waals surface area (Å²) in [6, 6.07) is 55.2. The number of hydrogen-bond donors (Lipinski definition) is 0. The van der Waals surface area contributed by atoms with Crippen molar-refractivity contribution in [3.05, 3.63) is 166 Å². The average Bonchev–Trinajstić information content (AvgIpc) is 0.619. The molecule has 3 aliphatic rings. The summed E-state index contributed by atoms with van der Waals surface area (Å²) in [5, 5.41) is 3.72. The van der Waals surface area contributed by atoms with E-state index >= 15 is 0 Å². The zero-order valence-electron chi connectivity index (χ0n) is 67.2. The maximum absolute atomic E-state index is 4.74. The molecule has 0 N–H and O–H groups in total. The third kappa shape index (κ3) is 13.5. The molecule has 1 fully saturated rings. The minimum absolute atomic E-state index is 0.510. The van der Waals surface area contributed by atoms with Gasteiger partial charge in [-0.2, -0.15) is 0 Å². The molecule has 0 amide bonds. The van der Waals surface area contributed by atoms with E-state index in [9.17, 15) is 0 Å². The third-order valence-corrected chi connectivity index (χ3v) is 143. The van der Waals surface area contributed by atoms with Gasteiger partial charge in [-0.05, 0) is 0 Å². The van der Waals surface area contributed by atoms with E-state index in [1.54, 1.807) is 44.5 Å².